The third-order valence-electron chi connectivity index (χ3n) is 2.67. The minimum absolute atomic E-state index is 0.250. The Morgan fingerprint density at radius 1 is 1.37 bits per heavy atom. The number of carbonyl (C=O) groups excluding carboxylic acids is 1. The summed E-state index contributed by atoms with van der Waals surface area (Å²) in [6.45, 7) is 7.12. The number of hydrogen-bond acceptors (Lipinski definition) is 5. The van der Waals surface area contributed by atoms with Gasteiger partial charge in [0, 0.05) is 20.2 Å². The lowest BCUT2D eigenvalue weighted by Crippen LogP contribution is -2.40. The number of amides is 1. The molecule has 0 atom stereocenters. The molecule has 1 heterocycles. The van der Waals surface area contributed by atoms with E-state index in [0.717, 1.165) is 13.0 Å². The zero-order valence-electron chi connectivity index (χ0n) is 12.0. The van der Waals surface area contributed by atoms with E-state index >= 15 is 0 Å². The minimum atomic E-state index is -0.397. The molecule has 19 heavy (non-hydrogen) atoms. The summed E-state index contributed by atoms with van der Waals surface area (Å²) >= 11 is 0. The Morgan fingerprint density at radius 3 is 2.63 bits per heavy atom. The maximum absolute atomic E-state index is 11.8. The third-order valence-corrected chi connectivity index (χ3v) is 2.67. The molecule has 6 nitrogen and oxygen atoms in total. The number of nitrogens with zero attached hydrogens (tertiary/aromatic N) is 2. The second-order valence-electron chi connectivity index (χ2n) is 4.86. The first kappa shape index (κ1) is 15.4. The van der Waals surface area contributed by atoms with Crippen LogP contribution in [0.3, 0.4) is 0 Å². The summed E-state index contributed by atoms with van der Waals surface area (Å²) in [5.41, 5.74) is -0.0972. The van der Waals surface area contributed by atoms with E-state index in [1.54, 1.807) is 13.3 Å². The van der Waals surface area contributed by atoms with Crippen LogP contribution in [0.4, 0.5) is 5.82 Å². The SMILES string of the molecule is CCCNc1cnc(C(=O)NCC(C)(C)OC)cn1. The van der Waals surface area contributed by atoms with E-state index in [4.69, 9.17) is 4.74 Å². The van der Waals surface area contributed by atoms with Crippen molar-refractivity contribution in [1.82, 2.24) is 15.3 Å². The van der Waals surface area contributed by atoms with Crippen molar-refractivity contribution in [1.29, 1.82) is 0 Å². The molecule has 0 aromatic carbocycles. The molecule has 2 N–H and O–H groups in total. The molecule has 0 saturated carbocycles. The van der Waals surface area contributed by atoms with Crippen LogP contribution in [0.2, 0.25) is 0 Å². The van der Waals surface area contributed by atoms with Gasteiger partial charge in [0.2, 0.25) is 0 Å². The first-order valence-electron chi connectivity index (χ1n) is 6.38. The van der Waals surface area contributed by atoms with Crippen molar-refractivity contribution in [2.75, 3.05) is 25.5 Å². The van der Waals surface area contributed by atoms with Crippen LogP contribution in [0.5, 0.6) is 0 Å². The van der Waals surface area contributed by atoms with Gasteiger partial charge in [0.1, 0.15) is 11.5 Å². The first-order valence-corrected chi connectivity index (χ1v) is 6.38. The second-order valence-corrected chi connectivity index (χ2v) is 4.86. The average molecular weight is 266 g/mol. The van der Waals surface area contributed by atoms with Crippen molar-refractivity contribution in [3.63, 3.8) is 0 Å². The lowest BCUT2D eigenvalue weighted by atomic mass is 10.1. The highest BCUT2D eigenvalue weighted by atomic mass is 16.5. The number of carbonyl (C=O) groups is 1. The number of nitrogens with one attached hydrogen (secondary N) is 2. The molecule has 0 unspecified atom stereocenters. The molecule has 6 heteroatoms. The third kappa shape index (κ3) is 5.21. The van der Waals surface area contributed by atoms with Gasteiger partial charge in [0.25, 0.3) is 5.91 Å². The van der Waals surface area contributed by atoms with Gasteiger partial charge in [0.15, 0.2) is 0 Å². The Morgan fingerprint density at radius 2 is 2.11 bits per heavy atom. The molecule has 106 valence electrons. The highest BCUT2D eigenvalue weighted by Gasteiger charge is 2.18. The minimum Gasteiger partial charge on any atom is -0.377 e. The van der Waals surface area contributed by atoms with Crippen molar-refractivity contribution in [2.45, 2.75) is 32.8 Å². The summed E-state index contributed by atoms with van der Waals surface area (Å²) in [6.07, 6.45) is 4.04. The molecule has 0 fully saturated rings. The first-order chi connectivity index (χ1) is 8.98. The highest BCUT2D eigenvalue weighted by Crippen LogP contribution is 2.06. The summed E-state index contributed by atoms with van der Waals surface area (Å²) in [5, 5.41) is 5.87. The fraction of sp³-hybridized carbons (Fsp3) is 0.615. The molecule has 0 spiro atoms. The van der Waals surface area contributed by atoms with E-state index < -0.39 is 5.60 Å². The topological polar surface area (TPSA) is 76.1 Å². The van der Waals surface area contributed by atoms with Crippen molar-refractivity contribution in [3.05, 3.63) is 18.1 Å². The lowest BCUT2D eigenvalue weighted by Gasteiger charge is -2.22. The van der Waals surface area contributed by atoms with Gasteiger partial charge in [-0.25, -0.2) is 9.97 Å². The molecule has 0 bridgehead atoms. The summed E-state index contributed by atoms with van der Waals surface area (Å²) in [4.78, 5) is 20.1. The fourth-order valence-electron chi connectivity index (χ4n) is 1.25. The molecular weight excluding hydrogens is 244 g/mol. The summed E-state index contributed by atoms with van der Waals surface area (Å²) in [6, 6.07) is 0. The van der Waals surface area contributed by atoms with E-state index in [-0.39, 0.29) is 5.91 Å². The Hall–Kier alpha value is -1.69. The number of methoxy groups -OCH3 is 1. The van der Waals surface area contributed by atoms with Gasteiger partial charge in [-0.15, -0.1) is 0 Å². The van der Waals surface area contributed by atoms with Gasteiger partial charge >= 0.3 is 0 Å². The van der Waals surface area contributed by atoms with Gasteiger partial charge in [-0.05, 0) is 20.3 Å². The van der Waals surface area contributed by atoms with Crippen LogP contribution in [-0.2, 0) is 4.74 Å². The molecule has 0 radical (unpaired) electrons. The van der Waals surface area contributed by atoms with E-state index in [1.807, 2.05) is 13.8 Å². The predicted molar refractivity (Wildman–Crippen MR) is 74.2 cm³/mol. The lowest BCUT2D eigenvalue weighted by molar-refractivity contribution is 0.0228. The van der Waals surface area contributed by atoms with E-state index in [1.165, 1.54) is 6.20 Å². The summed E-state index contributed by atoms with van der Waals surface area (Å²) < 4.78 is 5.23. The molecule has 1 amide bonds. The predicted octanol–water partition coefficient (Wildman–Crippen LogP) is 1.45. The number of aromatic nitrogens is 2. The van der Waals surface area contributed by atoms with Gasteiger partial charge in [0.05, 0.1) is 18.0 Å². The average Bonchev–Trinajstić information content (AvgIpc) is 2.43. The maximum Gasteiger partial charge on any atom is 0.271 e. The van der Waals surface area contributed by atoms with Gasteiger partial charge in [-0.3, -0.25) is 4.79 Å². The molecule has 1 rings (SSSR count). The monoisotopic (exact) mass is 266 g/mol. The number of hydrogen-bond donors (Lipinski definition) is 2. The molecule has 0 saturated heterocycles. The normalized spacial score (nSPS) is 11.2. The quantitative estimate of drug-likeness (QED) is 0.781. The van der Waals surface area contributed by atoms with Gasteiger partial charge in [-0.1, -0.05) is 6.92 Å². The van der Waals surface area contributed by atoms with Crippen LogP contribution in [-0.4, -0.2) is 41.7 Å². The molecule has 1 aromatic rings. The fourth-order valence-corrected chi connectivity index (χ4v) is 1.25. The van der Waals surface area contributed by atoms with Crippen LogP contribution < -0.4 is 10.6 Å². The number of anilines is 1. The Kier molecular flexibility index (Phi) is 5.69. The highest BCUT2D eigenvalue weighted by molar-refractivity contribution is 5.92. The smallest absolute Gasteiger partial charge is 0.271 e. The van der Waals surface area contributed by atoms with Crippen molar-refractivity contribution >= 4 is 11.7 Å². The van der Waals surface area contributed by atoms with E-state index in [0.29, 0.717) is 18.1 Å². The summed E-state index contributed by atoms with van der Waals surface area (Å²) in [7, 11) is 1.61. The molecule has 1 aromatic heterocycles. The number of rotatable bonds is 7. The largest absolute Gasteiger partial charge is 0.377 e. The van der Waals surface area contributed by atoms with Crippen LogP contribution in [0.25, 0.3) is 0 Å². The second kappa shape index (κ2) is 7.04. The zero-order chi connectivity index (χ0) is 14.3. The van der Waals surface area contributed by atoms with Gasteiger partial charge < -0.3 is 15.4 Å². The van der Waals surface area contributed by atoms with Crippen molar-refractivity contribution < 1.29 is 9.53 Å². The van der Waals surface area contributed by atoms with Crippen molar-refractivity contribution in [2.24, 2.45) is 0 Å². The Balaban J connectivity index is 2.53. The standard InChI is InChI=1S/C13H22N4O2/c1-5-6-14-11-8-15-10(7-16-11)12(18)17-9-13(2,3)19-4/h7-8H,5-6,9H2,1-4H3,(H,14,16)(H,17,18). The van der Waals surface area contributed by atoms with Crippen LogP contribution in [0.1, 0.15) is 37.7 Å². The molecule has 0 aliphatic heterocycles. The van der Waals surface area contributed by atoms with Crippen LogP contribution >= 0.6 is 0 Å². The van der Waals surface area contributed by atoms with Crippen LogP contribution in [0, 0.1) is 0 Å². The Labute approximate surface area is 114 Å². The zero-order valence-corrected chi connectivity index (χ0v) is 12.0. The van der Waals surface area contributed by atoms with Crippen molar-refractivity contribution in [3.8, 4) is 0 Å². The van der Waals surface area contributed by atoms with E-state index in [2.05, 4.69) is 27.5 Å². The Bertz CT molecular complexity index is 404. The maximum atomic E-state index is 11.8. The van der Waals surface area contributed by atoms with E-state index in [9.17, 15) is 4.79 Å². The molecule has 0 aliphatic rings. The molecular formula is C13H22N4O2. The van der Waals surface area contributed by atoms with Crippen LogP contribution in [0.15, 0.2) is 12.4 Å². The number of ether oxygens (including phenoxy) is 1. The summed E-state index contributed by atoms with van der Waals surface area (Å²) in [5.74, 6) is 0.426. The van der Waals surface area contributed by atoms with Gasteiger partial charge in [-0.2, -0.15) is 0 Å². The molecule has 0 aliphatic carbocycles.